The highest BCUT2D eigenvalue weighted by Gasteiger charge is 2.25. The fourth-order valence-corrected chi connectivity index (χ4v) is 3.39. The predicted octanol–water partition coefficient (Wildman–Crippen LogP) is 1.91. The number of amides is 2. The monoisotopic (exact) mass is 376 g/mol. The first-order valence-electron chi connectivity index (χ1n) is 9.61. The van der Waals surface area contributed by atoms with Crippen molar-refractivity contribution in [1.29, 1.82) is 0 Å². The number of carbonyl (C=O) groups is 2. The molecule has 7 heteroatoms. The Bertz CT molecular complexity index is 604. The lowest BCUT2D eigenvalue weighted by Gasteiger charge is -2.32. The number of piperidine rings is 1. The summed E-state index contributed by atoms with van der Waals surface area (Å²) in [6.45, 7) is 4.62. The first-order chi connectivity index (χ1) is 13.2. The van der Waals surface area contributed by atoms with E-state index in [1.807, 2.05) is 30.3 Å². The number of ether oxygens (including phenoxy) is 3. The summed E-state index contributed by atoms with van der Waals surface area (Å²) in [4.78, 5) is 27.9. The maximum absolute atomic E-state index is 12.3. The Kier molecular flexibility index (Phi) is 7.47. The molecule has 0 aromatic heterocycles. The molecule has 2 fully saturated rings. The second-order valence-corrected chi connectivity index (χ2v) is 7.00. The number of benzene rings is 1. The summed E-state index contributed by atoms with van der Waals surface area (Å²) in [5.74, 6) is 0.244. The van der Waals surface area contributed by atoms with Crippen LogP contribution in [-0.4, -0.2) is 74.4 Å². The first-order valence-corrected chi connectivity index (χ1v) is 9.61. The Morgan fingerprint density at radius 1 is 1.07 bits per heavy atom. The lowest BCUT2D eigenvalue weighted by Crippen LogP contribution is -2.43. The van der Waals surface area contributed by atoms with Crippen molar-refractivity contribution in [2.24, 2.45) is 5.92 Å². The van der Waals surface area contributed by atoms with Gasteiger partial charge < -0.3 is 24.0 Å². The molecule has 0 saturated carbocycles. The highest BCUT2D eigenvalue weighted by molar-refractivity contribution is 5.77. The summed E-state index contributed by atoms with van der Waals surface area (Å²) >= 11 is 0. The van der Waals surface area contributed by atoms with Crippen LogP contribution in [0.1, 0.15) is 18.4 Å². The second-order valence-electron chi connectivity index (χ2n) is 7.00. The van der Waals surface area contributed by atoms with Gasteiger partial charge >= 0.3 is 6.09 Å². The van der Waals surface area contributed by atoms with E-state index in [1.165, 1.54) is 0 Å². The minimum Gasteiger partial charge on any atom is -0.445 e. The third-order valence-corrected chi connectivity index (χ3v) is 4.93. The topological polar surface area (TPSA) is 68.3 Å². The standard InChI is InChI=1S/C20H28N2O5/c23-19(21-9-11-25-12-10-21)16-26-14-18-7-4-8-22(13-18)20(24)27-15-17-5-2-1-3-6-17/h1-3,5-6,18H,4,7-16H2. The van der Waals surface area contributed by atoms with Crippen molar-refractivity contribution in [3.63, 3.8) is 0 Å². The molecule has 27 heavy (non-hydrogen) atoms. The summed E-state index contributed by atoms with van der Waals surface area (Å²) in [6, 6.07) is 9.66. The Morgan fingerprint density at radius 2 is 1.85 bits per heavy atom. The summed E-state index contributed by atoms with van der Waals surface area (Å²) in [5, 5.41) is 0. The molecular weight excluding hydrogens is 348 g/mol. The molecule has 2 aliphatic rings. The fourth-order valence-electron chi connectivity index (χ4n) is 3.39. The Labute approximate surface area is 160 Å². The summed E-state index contributed by atoms with van der Waals surface area (Å²) < 4.78 is 16.3. The minimum atomic E-state index is -0.284. The Morgan fingerprint density at radius 3 is 2.63 bits per heavy atom. The molecule has 2 saturated heterocycles. The van der Waals surface area contributed by atoms with Gasteiger partial charge in [0.1, 0.15) is 13.2 Å². The van der Waals surface area contributed by atoms with Crippen LogP contribution in [-0.2, 0) is 25.6 Å². The molecule has 0 N–H and O–H groups in total. The van der Waals surface area contributed by atoms with Gasteiger partial charge in [-0.15, -0.1) is 0 Å². The normalized spacial score (nSPS) is 20.4. The van der Waals surface area contributed by atoms with E-state index in [0.717, 1.165) is 18.4 Å². The van der Waals surface area contributed by atoms with E-state index in [2.05, 4.69) is 0 Å². The van der Waals surface area contributed by atoms with Gasteiger partial charge in [0.25, 0.3) is 0 Å². The van der Waals surface area contributed by atoms with E-state index in [-0.39, 0.29) is 31.1 Å². The Hall–Kier alpha value is -2.12. The highest BCUT2D eigenvalue weighted by Crippen LogP contribution is 2.18. The van der Waals surface area contributed by atoms with E-state index < -0.39 is 0 Å². The van der Waals surface area contributed by atoms with Crippen LogP contribution in [0.4, 0.5) is 4.79 Å². The van der Waals surface area contributed by atoms with Gasteiger partial charge in [-0.2, -0.15) is 0 Å². The van der Waals surface area contributed by atoms with Crippen molar-refractivity contribution in [3.8, 4) is 0 Å². The zero-order chi connectivity index (χ0) is 18.9. The van der Waals surface area contributed by atoms with Crippen molar-refractivity contribution in [3.05, 3.63) is 35.9 Å². The average molecular weight is 376 g/mol. The SMILES string of the molecule is O=C(COCC1CCCN(C(=O)OCc2ccccc2)C1)N1CCOCC1. The highest BCUT2D eigenvalue weighted by atomic mass is 16.6. The van der Waals surface area contributed by atoms with Crippen LogP contribution in [0.3, 0.4) is 0 Å². The number of carbonyl (C=O) groups excluding carboxylic acids is 2. The molecule has 0 spiro atoms. The third-order valence-electron chi connectivity index (χ3n) is 4.93. The van der Waals surface area contributed by atoms with Crippen molar-refractivity contribution in [2.45, 2.75) is 19.4 Å². The molecule has 1 unspecified atom stereocenters. The average Bonchev–Trinajstić information content (AvgIpc) is 2.73. The molecule has 1 atom stereocenters. The molecule has 7 nitrogen and oxygen atoms in total. The number of hydrogen-bond acceptors (Lipinski definition) is 5. The van der Waals surface area contributed by atoms with Crippen LogP contribution in [0.25, 0.3) is 0 Å². The summed E-state index contributed by atoms with van der Waals surface area (Å²) in [5.41, 5.74) is 0.976. The lowest BCUT2D eigenvalue weighted by atomic mass is 9.99. The van der Waals surface area contributed by atoms with Gasteiger partial charge in [0.05, 0.1) is 19.8 Å². The van der Waals surface area contributed by atoms with E-state index in [0.29, 0.717) is 46.0 Å². The van der Waals surface area contributed by atoms with Crippen LogP contribution < -0.4 is 0 Å². The maximum atomic E-state index is 12.3. The van der Waals surface area contributed by atoms with Gasteiger partial charge in [-0.3, -0.25) is 4.79 Å². The molecule has 148 valence electrons. The molecule has 1 aromatic rings. The Balaban J connectivity index is 1.35. The molecule has 1 aromatic carbocycles. The van der Waals surface area contributed by atoms with E-state index >= 15 is 0 Å². The molecule has 0 aliphatic carbocycles. The zero-order valence-electron chi connectivity index (χ0n) is 15.7. The summed E-state index contributed by atoms with van der Waals surface area (Å²) in [7, 11) is 0. The number of nitrogens with zero attached hydrogens (tertiary/aromatic N) is 2. The van der Waals surface area contributed by atoms with Gasteiger partial charge in [-0.05, 0) is 18.4 Å². The van der Waals surface area contributed by atoms with Crippen LogP contribution >= 0.6 is 0 Å². The first kappa shape index (κ1) is 19.6. The third kappa shape index (κ3) is 6.22. The lowest BCUT2D eigenvalue weighted by molar-refractivity contribution is -0.140. The zero-order valence-corrected chi connectivity index (χ0v) is 15.7. The number of likely N-dealkylation sites (tertiary alicyclic amines) is 1. The van der Waals surface area contributed by atoms with Gasteiger partial charge in [0, 0.05) is 32.1 Å². The molecule has 2 amide bonds. The smallest absolute Gasteiger partial charge is 0.410 e. The molecule has 2 aliphatic heterocycles. The van der Waals surface area contributed by atoms with Crippen LogP contribution in [0.5, 0.6) is 0 Å². The van der Waals surface area contributed by atoms with Crippen LogP contribution in [0.15, 0.2) is 30.3 Å². The molecular formula is C20H28N2O5. The van der Waals surface area contributed by atoms with E-state index in [9.17, 15) is 9.59 Å². The quantitative estimate of drug-likeness (QED) is 0.759. The number of rotatable bonds is 6. The van der Waals surface area contributed by atoms with Gasteiger partial charge in [0.15, 0.2) is 0 Å². The molecule has 2 heterocycles. The predicted molar refractivity (Wildman–Crippen MR) is 99.1 cm³/mol. The molecule has 0 bridgehead atoms. The fraction of sp³-hybridized carbons (Fsp3) is 0.600. The largest absolute Gasteiger partial charge is 0.445 e. The van der Waals surface area contributed by atoms with Crippen LogP contribution in [0, 0.1) is 5.92 Å². The number of hydrogen-bond donors (Lipinski definition) is 0. The van der Waals surface area contributed by atoms with Gasteiger partial charge in [0.2, 0.25) is 5.91 Å². The van der Waals surface area contributed by atoms with Crippen molar-refractivity contribution < 1.29 is 23.8 Å². The molecule has 3 rings (SSSR count). The minimum absolute atomic E-state index is 0.00763. The van der Waals surface area contributed by atoms with Crippen molar-refractivity contribution >= 4 is 12.0 Å². The van der Waals surface area contributed by atoms with Gasteiger partial charge in [-0.1, -0.05) is 30.3 Å². The number of morpholine rings is 1. The van der Waals surface area contributed by atoms with Crippen LogP contribution in [0.2, 0.25) is 0 Å². The van der Waals surface area contributed by atoms with Crippen molar-refractivity contribution in [2.75, 3.05) is 52.6 Å². The second kappa shape index (κ2) is 10.3. The van der Waals surface area contributed by atoms with Crippen molar-refractivity contribution in [1.82, 2.24) is 9.80 Å². The van der Waals surface area contributed by atoms with Gasteiger partial charge in [-0.25, -0.2) is 4.79 Å². The summed E-state index contributed by atoms with van der Waals surface area (Å²) in [6.07, 6.45) is 1.63. The molecule has 0 radical (unpaired) electrons. The van der Waals surface area contributed by atoms with E-state index in [1.54, 1.807) is 9.80 Å². The van der Waals surface area contributed by atoms with E-state index in [4.69, 9.17) is 14.2 Å². The maximum Gasteiger partial charge on any atom is 0.410 e.